The lowest BCUT2D eigenvalue weighted by Crippen LogP contribution is -1.99. The molecule has 2 aromatic rings. The van der Waals surface area contributed by atoms with Gasteiger partial charge in [-0.05, 0) is 31.9 Å². The summed E-state index contributed by atoms with van der Waals surface area (Å²) in [5.74, 6) is 0.640. The Labute approximate surface area is 121 Å². The first-order valence-corrected chi connectivity index (χ1v) is 6.94. The minimum atomic E-state index is -0.581. The van der Waals surface area contributed by atoms with Gasteiger partial charge in [0.2, 0.25) is 0 Å². The fraction of sp³-hybridized carbons (Fsp3) is 0.267. The van der Waals surface area contributed by atoms with E-state index in [9.17, 15) is 5.11 Å². The van der Waals surface area contributed by atoms with E-state index < -0.39 is 6.10 Å². The molecule has 2 rings (SSSR count). The van der Waals surface area contributed by atoms with Crippen LogP contribution in [0.15, 0.2) is 45.9 Å². The van der Waals surface area contributed by atoms with Crippen molar-refractivity contribution < 1.29 is 9.63 Å². The van der Waals surface area contributed by atoms with Gasteiger partial charge in [-0.15, -0.1) is 6.58 Å². The molecule has 1 heterocycles. The molecule has 0 saturated carbocycles. The first-order chi connectivity index (χ1) is 9.13. The van der Waals surface area contributed by atoms with Crippen molar-refractivity contribution in [2.45, 2.75) is 25.9 Å². The number of allylic oxidation sites excluding steroid dienone is 1. The molecule has 1 aromatic carbocycles. The zero-order valence-corrected chi connectivity index (χ0v) is 12.4. The SMILES string of the molecule is C=CCCC(O)c1c(C)noc1-c1ccc(Br)cc1. The number of rotatable bonds is 5. The summed E-state index contributed by atoms with van der Waals surface area (Å²) in [5, 5.41) is 14.2. The molecule has 4 heteroatoms. The Morgan fingerprint density at radius 1 is 1.42 bits per heavy atom. The Hall–Kier alpha value is -1.39. The van der Waals surface area contributed by atoms with Gasteiger partial charge >= 0.3 is 0 Å². The van der Waals surface area contributed by atoms with E-state index in [-0.39, 0.29) is 0 Å². The van der Waals surface area contributed by atoms with E-state index in [4.69, 9.17) is 4.52 Å². The number of aliphatic hydroxyl groups is 1. The number of nitrogens with zero attached hydrogens (tertiary/aromatic N) is 1. The molecule has 1 aromatic heterocycles. The maximum Gasteiger partial charge on any atom is 0.172 e. The van der Waals surface area contributed by atoms with Gasteiger partial charge in [-0.3, -0.25) is 0 Å². The van der Waals surface area contributed by atoms with Crippen LogP contribution in [0.5, 0.6) is 0 Å². The Kier molecular flexibility index (Phi) is 4.56. The monoisotopic (exact) mass is 321 g/mol. The largest absolute Gasteiger partial charge is 0.388 e. The highest BCUT2D eigenvalue weighted by Crippen LogP contribution is 2.33. The van der Waals surface area contributed by atoms with Crippen LogP contribution in [0.2, 0.25) is 0 Å². The highest BCUT2D eigenvalue weighted by atomic mass is 79.9. The van der Waals surface area contributed by atoms with E-state index in [0.29, 0.717) is 12.2 Å². The fourth-order valence-corrected chi connectivity index (χ4v) is 2.26. The number of benzene rings is 1. The molecule has 0 spiro atoms. The van der Waals surface area contributed by atoms with Crippen LogP contribution in [0.3, 0.4) is 0 Å². The quantitative estimate of drug-likeness (QED) is 0.829. The van der Waals surface area contributed by atoms with Gasteiger partial charge in [0.1, 0.15) is 0 Å². The summed E-state index contributed by atoms with van der Waals surface area (Å²) in [4.78, 5) is 0. The lowest BCUT2D eigenvalue weighted by atomic mass is 9.99. The van der Waals surface area contributed by atoms with Crippen LogP contribution in [0, 0.1) is 6.92 Å². The minimum absolute atomic E-state index is 0.581. The van der Waals surface area contributed by atoms with Crippen molar-refractivity contribution in [3.05, 3.63) is 52.7 Å². The number of hydrogen-bond acceptors (Lipinski definition) is 3. The highest BCUT2D eigenvalue weighted by Gasteiger charge is 2.21. The van der Waals surface area contributed by atoms with Crippen molar-refractivity contribution in [2.75, 3.05) is 0 Å². The summed E-state index contributed by atoms with van der Waals surface area (Å²) in [6.45, 7) is 5.52. The topological polar surface area (TPSA) is 46.3 Å². The average molecular weight is 322 g/mol. The maximum absolute atomic E-state index is 10.3. The molecule has 0 aliphatic carbocycles. The molecule has 19 heavy (non-hydrogen) atoms. The van der Waals surface area contributed by atoms with E-state index in [2.05, 4.69) is 27.7 Å². The molecule has 1 unspecified atom stereocenters. The van der Waals surface area contributed by atoms with Crippen LogP contribution in [0.25, 0.3) is 11.3 Å². The van der Waals surface area contributed by atoms with Gasteiger partial charge in [0, 0.05) is 10.0 Å². The lowest BCUT2D eigenvalue weighted by Gasteiger charge is -2.10. The number of halogens is 1. The molecule has 0 aliphatic heterocycles. The third-order valence-corrected chi connectivity index (χ3v) is 3.52. The van der Waals surface area contributed by atoms with E-state index >= 15 is 0 Å². The fourth-order valence-electron chi connectivity index (χ4n) is 2.00. The summed E-state index contributed by atoms with van der Waals surface area (Å²) in [7, 11) is 0. The van der Waals surface area contributed by atoms with Crippen molar-refractivity contribution in [2.24, 2.45) is 0 Å². The Morgan fingerprint density at radius 2 is 2.11 bits per heavy atom. The Bertz CT molecular complexity index is 560. The summed E-state index contributed by atoms with van der Waals surface area (Å²) in [5.41, 5.74) is 2.41. The van der Waals surface area contributed by atoms with Gasteiger partial charge in [-0.25, -0.2) is 0 Å². The second-order valence-electron chi connectivity index (χ2n) is 4.40. The molecule has 1 atom stereocenters. The molecule has 100 valence electrons. The van der Waals surface area contributed by atoms with Crippen molar-refractivity contribution in [3.8, 4) is 11.3 Å². The van der Waals surface area contributed by atoms with Gasteiger partial charge in [0.25, 0.3) is 0 Å². The average Bonchev–Trinajstić information content (AvgIpc) is 2.79. The van der Waals surface area contributed by atoms with Gasteiger partial charge in [0.05, 0.1) is 17.4 Å². The predicted octanol–water partition coefficient (Wildman–Crippen LogP) is 4.41. The van der Waals surface area contributed by atoms with Crippen LogP contribution in [-0.2, 0) is 0 Å². The highest BCUT2D eigenvalue weighted by molar-refractivity contribution is 9.10. The number of hydrogen-bond donors (Lipinski definition) is 1. The smallest absolute Gasteiger partial charge is 0.172 e. The van der Waals surface area contributed by atoms with Crippen molar-refractivity contribution in [1.82, 2.24) is 5.16 Å². The molecule has 3 nitrogen and oxygen atoms in total. The van der Waals surface area contributed by atoms with Crippen LogP contribution in [0.1, 0.15) is 30.2 Å². The van der Waals surface area contributed by atoms with Gasteiger partial charge < -0.3 is 9.63 Å². The van der Waals surface area contributed by atoms with Crippen LogP contribution in [0.4, 0.5) is 0 Å². The van der Waals surface area contributed by atoms with Crippen LogP contribution in [-0.4, -0.2) is 10.3 Å². The molecule has 0 fully saturated rings. The van der Waals surface area contributed by atoms with Gasteiger partial charge in [-0.2, -0.15) is 0 Å². The van der Waals surface area contributed by atoms with E-state index in [0.717, 1.165) is 27.7 Å². The molecule has 0 aliphatic rings. The second-order valence-corrected chi connectivity index (χ2v) is 5.32. The normalized spacial score (nSPS) is 12.4. The standard InChI is InChI=1S/C15H16BrNO2/c1-3-4-5-13(18)14-10(2)17-19-15(14)11-6-8-12(16)9-7-11/h3,6-9,13,18H,1,4-5H2,2H3. The first kappa shape index (κ1) is 14.0. The van der Waals surface area contributed by atoms with Gasteiger partial charge in [0.15, 0.2) is 5.76 Å². The second kappa shape index (κ2) is 6.17. The molecule has 0 saturated heterocycles. The van der Waals surface area contributed by atoms with Crippen molar-refractivity contribution >= 4 is 15.9 Å². The summed E-state index contributed by atoms with van der Waals surface area (Å²) in [6, 6.07) is 7.75. The van der Waals surface area contributed by atoms with Crippen LogP contribution < -0.4 is 0 Å². The Balaban J connectivity index is 2.36. The molecular weight excluding hydrogens is 306 g/mol. The zero-order valence-electron chi connectivity index (χ0n) is 10.8. The molecule has 0 radical (unpaired) electrons. The van der Waals surface area contributed by atoms with E-state index in [1.807, 2.05) is 31.2 Å². The predicted molar refractivity (Wildman–Crippen MR) is 78.8 cm³/mol. The third-order valence-electron chi connectivity index (χ3n) is 2.99. The van der Waals surface area contributed by atoms with Gasteiger partial charge in [-0.1, -0.05) is 39.3 Å². The molecular formula is C15H16BrNO2. The first-order valence-electron chi connectivity index (χ1n) is 6.14. The minimum Gasteiger partial charge on any atom is -0.388 e. The summed E-state index contributed by atoms with van der Waals surface area (Å²) < 4.78 is 6.37. The third kappa shape index (κ3) is 3.14. The molecule has 0 amide bonds. The van der Waals surface area contributed by atoms with Crippen molar-refractivity contribution in [1.29, 1.82) is 0 Å². The van der Waals surface area contributed by atoms with E-state index in [1.54, 1.807) is 6.08 Å². The van der Waals surface area contributed by atoms with E-state index in [1.165, 1.54) is 0 Å². The van der Waals surface area contributed by atoms with Crippen LogP contribution >= 0.6 is 15.9 Å². The molecule has 1 N–H and O–H groups in total. The molecule has 0 bridgehead atoms. The lowest BCUT2D eigenvalue weighted by molar-refractivity contribution is 0.168. The number of aryl methyl sites for hydroxylation is 1. The number of aromatic nitrogens is 1. The maximum atomic E-state index is 10.3. The summed E-state index contributed by atoms with van der Waals surface area (Å²) in [6.07, 6.45) is 2.59. The Morgan fingerprint density at radius 3 is 2.74 bits per heavy atom. The zero-order chi connectivity index (χ0) is 13.8. The number of aliphatic hydroxyl groups excluding tert-OH is 1. The van der Waals surface area contributed by atoms with Crippen molar-refractivity contribution in [3.63, 3.8) is 0 Å². The summed E-state index contributed by atoms with van der Waals surface area (Å²) >= 11 is 3.40.